The molecular formula is C20H15ClFN7O. The molecule has 3 aromatic heterocycles. The van der Waals surface area contributed by atoms with Crippen LogP contribution in [0.25, 0.3) is 27.9 Å². The third-order valence-corrected chi connectivity index (χ3v) is 5.24. The first kappa shape index (κ1) is 18.4. The van der Waals surface area contributed by atoms with Crippen LogP contribution in [0, 0.1) is 12.7 Å². The van der Waals surface area contributed by atoms with Crippen molar-refractivity contribution in [3.63, 3.8) is 0 Å². The van der Waals surface area contributed by atoms with Gasteiger partial charge in [0, 0.05) is 23.3 Å². The summed E-state index contributed by atoms with van der Waals surface area (Å²) in [5, 5.41) is 20.3. The lowest BCUT2D eigenvalue weighted by molar-refractivity contribution is 0.411. The number of aromatic nitrogens is 7. The molecule has 1 N–H and O–H groups in total. The lowest BCUT2D eigenvalue weighted by atomic mass is 10.0. The first-order chi connectivity index (χ1) is 14.5. The number of rotatable bonds is 4. The van der Waals surface area contributed by atoms with Gasteiger partial charge in [0.25, 0.3) is 5.95 Å². The van der Waals surface area contributed by atoms with Crippen molar-refractivity contribution >= 4 is 33.5 Å². The number of benzene rings is 2. The Kier molecular flexibility index (Phi) is 4.32. The molecule has 0 saturated heterocycles. The summed E-state index contributed by atoms with van der Waals surface area (Å²) in [6.45, 7) is 1.90. The second kappa shape index (κ2) is 7.03. The monoisotopic (exact) mass is 423 g/mol. The fourth-order valence-corrected chi connectivity index (χ4v) is 3.71. The highest BCUT2D eigenvalue weighted by Gasteiger charge is 2.16. The molecule has 0 bridgehead atoms. The molecule has 0 aliphatic heterocycles. The fourth-order valence-electron chi connectivity index (χ4n) is 3.51. The Morgan fingerprint density at radius 2 is 2.07 bits per heavy atom. The standard InChI is InChI=1S/C20H15ClFN7O/c1-10-14-8-12-7-13(5-11-3-4-16(22)15(21)6-11)18(30-2)9-17(12)23-19(14)29(26-10)20-24-27-28-25-20/h3-4,6-9H,5H2,1-2H3,(H,24,25,27,28). The van der Waals surface area contributed by atoms with Crippen LogP contribution in [0.3, 0.4) is 0 Å². The maximum absolute atomic E-state index is 13.5. The van der Waals surface area contributed by atoms with E-state index >= 15 is 0 Å². The first-order valence-corrected chi connectivity index (χ1v) is 9.46. The van der Waals surface area contributed by atoms with E-state index in [1.807, 2.05) is 25.1 Å². The van der Waals surface area contributed by atoms with Gasteiger partial charge in [0.2, 0.25) is 0 Å². The number of hydrogen-bond acceptors (Lipinski definition) is 6. The average molecular weight is 424 g/mol. The largest absolute Gasteiger partial charge is 0.496 e. The van der Waals surface area contributed by atoms with E-state index < -0.39 is 5.82 Å². The smallest absolute Gasteiger partial charge is 0.269 e. The van der Waals surface area contributed by atoms with Gasteiger partial charge in [-0.3, -0.25) is 0 Å². The SMILES string of the molecule is COc1cc2nc3c(cc2cc1Cc1ccc(F)c(Cl)c1)c(C)nn3-c1nnn[nH]1. The van der Waals surface area contributed by atoms with Gasteiger partial charge in [0.15, 0.2) is 5.65 Å². The molecule has 0 saturated carbocycles. The van der Waals surface area contributed by atoms with Crippen molar-refractivity contribution in [2.75, 3.05) is 7.11 Å². The van der Waals surface area contributed by atoms with Crippen molar-refractivity contribution in [2.45, 2.75) is 13.3 Å². The molecule has 0 aliphatic rings. The minimum absolute atomic E-state index is 0.0978. The Balaban J connectivity index is 1.66. The van der Waals surface area contributed by atoms with Crippen molar-refractivity contribution in [1.82, 2.24) is 35.4 Å². The Morgan fingerprint density at radius 3 is 2.80 bits per heavy atom. The number of hydrogen-bond donors (Lipinski definition) is 1. The van der Waals surface area contributed by atoms with Crippen LogP contribution in [-0.4, -0.2) is 42.5 Å². The molecule has 0 amide bonds. The van der Waals surface area contributed by atoms with Gasteiger partial charge in [-0.05, 0) is 52.7 Å². The summed E-state index contributed by atoms with van der Waals surface area (Å²) in [6.07, 6.45) is 0.541. The maximum atomic E-state index is 13.5. The molecule has 10 heteroatoms. The lowest BCUT2D eigenvalue weighted by Gasteiger charge is -2.11. The Bertz CT molecular complexity index is 1400. The molecule has 30 heavy (non-hydrogen) atoms. The van der Waals surface area contributed by atoms with Gasteiger partial charge >= 0.3 is 0 Å². The van der Waals surface area contributed by atoms with E-state index in [4.69, 9.17) is 21.3 Å². The quantitative estimate of drug-likeness (QED) is 0.472. The summed E-state index contributed by atoms with van der Waals surface area (Å²) in [4.78, 5) is 4.77. The minimum atomic E-state index is -0.438. The predicted octanol–water partition coefficient (Wildman–Crippen LogP) is 3.79. The van der Waals surface area contributed by atoms with E-state index in [1.165, 1.54) is 6.07 Å². The third-order valence-electron chi connectivity index (χ3n) is 4.95. The summed E-state index contributed by atoms with van der Waals surface area (Å²) in [5.41, 5.74) is 4.01. The average Bonchev–Trinajstić information content (AvgIpc) is 3.37. The highest BCUT2D eigenvalue weighted by molar-refractivity contribution is 6.30. The second-order valence-corrected chi connectivity index (χ2v) is 7.27. The number of fused-ring (bicyclic) bond motifs is 2. The van der Waals surface area contributed by atoms with Crippen molar-refractivity contribution in [3.8, 4) is 11.7 Å². The fraction of sp³-hybridized carbons (Fsp3) is 0.150. The lowest BCUT2D eigenvalue weighted by Crippen LogP contribution is -2.01. The second-order valence-electron chi connectivity index (χ2n) is 6.86. The zero-order chi connectivity index (χ0) is 20.8. The van der Waals surface area contributed by atoms with E-state index in [0.717, 1.165) is 33.1 Å². The number of aryl methyl sites for hydroxylation is 1. The zero-order valence-electron chi connectivity index (χ0n) is 16.0. The zero-order valence-corrected chi connectivity index (χ0v) is 16.8. The Hall–Kier alpha value is -3.59. The number of nitrogens with one attached hydrogen (secondary N) is 1. The van der Waals surface area contributed by atoms with Crippen molar-refractivity contribution in [2.24, 2.45) is 0 Å². The third kappa shape index (κ3) is 3.03. The molecular weight excluding hydrogens is 409 g/mol. The van der Waals surface area contributed by atoms with Crippen LogP contribution < -0.4 is 4.74 Å². The molecule has 0 fully saturated rings. The maximum Gasteiger partial charge on any atom is 0.269 e. The molecule has 0 unspecified atom stereocenters. The molecule has 150 valence electrons. The summed E-state index contributed by atoms with van der Waals surface area (Å²) in [5.74, 6) is 0.627. The number of pyridine rings is 1. The van der Waals surface area contributed by atoms with Crippen molar-refractivity contribution < 1.29 is 9.13 Å². The molecule has 0 radical (unpaired) electrons. The molecule has 5 aromatic rings. The Morgan fingerprint density at radius 1 is 1.20 bits per heavy atom. The Labute approximate surface area is 174 Å². The summed E-state index contributed by atoms with van der Waals surface area (Å²) in [6, 6.07) is 10.6. The highest BCUT2D eigenvalue weighted by Crippen LogP contribution is 2.31. The van der Waals surface area contributed by atoms with E-state index in [2.05, 4.69) is 25.7 Å². The topological polar surface area (TPSA) is 94.4 Å². The number of halogens is 2. The van der Waals surface area contributed by atoms with Crippen molar-refractivity contribution in [1.29, 1.82) is 0 Å². The molecule has 0 atom stereocenters. The number of aromatic amines is 1. The van der Waals surface area contributed by atoms with Crippen LogP contribution in [0.1, 0.15) is 16.8 Å². The van der Waals surface area contributed by atoms with E-state index in [9.17, 15) is 4.39 Å². The van der Waals surface area contributed by atoms with Gasteiger partial charge in [-0.15, -0.1) is 0 Å². The number of tetrazole rings is 1. The van der Waals surface area contributed by atoms with Crippen LogP contribution in [-0.2, 0) is 6.42 Å². The van der Waals surface area contributed by atoms with E-state index in [0.29, 0.717) is 23.8 Å². The van der Waals surface area contributed by atoms with Crippen LogP contribution in [0.4, 0.5) is 4.39 Å². The number of methoxy groups -OCH3 is 1. The summed E-state index contributed by atoms with van der Waals surface area (Å²) in [7, 11) is 1.61. The van der Waals surface area contributed by atoms with E-state index in [-0.39, 0.29) is 5.02 Å². The van der Waals surface area contributed by atoms with Gasteiger partial charge in [-0.25, -0.2) is 14.5 Å². The molecule has 2 aromatic carbocycles. The van der Waals surface area contributed by atoms with Gasteiger partial charge in [0.05, 0.1) is 23.3 Å². The number of ether oxygens (including phenoxy) is 1. The van der Waals surface area contributed by atoms with Gasteiger partial charge < -0.3 is 4.74 Å². The number of H-pyrrole nitrogens is 1. The molecule has 3 heterocycles. The predicted molar refractivity (Wildman–Crippen MR) is 110 cm³/mol. The molecule has 0 aliphatic carbocycles. The van der Waals surface area contributed by atoms with Crippen LogP contribution in [0.15, 0.2) is 36.4 Å². The number of nitrogens with zero attached hydrogens (tertiary/aromatic N) is 6. The normalized spacial score (nSPS) is 11.5. The molecule has 0 spiro atoms. The molecule has 8 nitrogen and oxygen atoms in total. The van der Waals surface area contributed by atoms with Crippen molar-refractivity contribution in [3.05, 3.63) is 64.1 Å². The molecule has 5 rings (SSSR count). The van der Waals surface area contributed by atoms with Crippen LogP contribution in [0.2, 0.25) is 5.02 Å². The summed E-state index contributed by atoms with van der Waals surface area (Å²) >= 11 is 5.93. The van der Waals surface area contributed by atoms with Gasteiger partial charge in [-0.1, -0.05) is 22.8 Å². The van der Waals surface area contributed by atoms with Crippen LogP contribution in [0.5, 0.6) is 5.75 Å². The van der Waals surface area contributed by atoms with Crippen LogP contribution >= 0.6 is 11.6 Å². The minimum Gasteiger partial charge on any atom is -0.496 e. The first-order valence-electron chi connectivity index (χ1n) is 9.08. The summed E-state index contributed by atoms with van der Waals surface area (Å²) < 4.78 is 20.7. The highest BCUT2D eigenvalue weighted by atomic mass is 35.5. The van der Waals surface area contributed by atoms with Gasteiger partial charge in [-0.2, -0.15) is 9.78 Å². The van der Waals surface area contributed by atoms with Gasteiger partial charge in [0.1, 0.15) is 11.6 Å². The van der Waals surface area contributed by atoms with E-state index in [1.54, 1.807) is 23.9 Å².